The molecule has 0 aliphatic carbocycles. The number of H-pyrrole nitrogens is 1. The van der Waals surface area contributed by atoms with E-state index in [-0.39, 0.29) is 5.91 Å². The number of carbonyl (C=O) groups excluding carboxylic acids is 2. The van der Waals surface area contributed by atoms with Crippen LogP contribution < -0.4 is 10.9 Å². The van der Waals surface area contributed by atoms with Crippen molar-refractivity contribution in [1.82, 2.24) is 15.8 Å². The minimum Gasteiger partial charge on any atom is -0.469 e. The van der Waals surface area contributed by atoms with Crippen LogP contribution >= 0.6 is 0 Å². The summed E-state index contributed by atoms with van der Waals surface area (Å²) in [7, 11) is 0. The molecule has 0 atom stereocenters. The predicted octanol–water partition coefficient (Wildman–Crippen LogP) is 2.14. The van der Waals surface area contributed by atoms with Crippen LogP contribution in [0.4, 0.5) is 0 Å². The third kappa shape index (κ3) is 2.38. The van der Waals surface area contributed by atoms with Gasteiger partial charge in [0.25, 0.3) is 11.8 Å². The van der Waals surface area contributed by atoms with Gasteiger partial charge in [0, 0.05) is 17.1 Å². The van der Waals surface area contributed by atoms with Crippen LogP contribution in [-0.4, -0.2) is 16.8 Å². The zero-order valence-corrected chi connectivity index (χ0v) is 11.3. The first-order valence-electron chi connectivity index (χ1n) is 6.37. The molecule has 0 spiro atoms. The topological polar surface area (TPSA) is 87.1 Å². The van der Waals surface area contributed by atoms with Gasteiger partial charge in [-0.05, 0) is 19.1 Å². The van der Waals surface area contributed by atoms with Crippen molar-refractivity contribution < 1.29 is 14.0 Å². The molecule has 2 aromatic heterocycles. The third-order valence-electron chi connectivity index (χ3n) is 3.23. The molecule has 3 N–H and O–H groups in total. The summed E-state index contributed by atoms with van der Waals surface area (Å²) < 4.78 is 5.04. The number of rotatable bonds is 2. The predicted molar refractivity (Wildman–Crippen MR) is 76.7 cm³/mol. The molecule has 1 aromatic carbocycles. The number of hydrogen-bond acceptors (Lipinski definition) is 3. The molecule has 0 aliphatic rings. The number of aromatic nitrogens is 1. The van der Waals surface area contributed by atoms with E-state index in [1.807, 2.05) is 24.3 Å². The number of para-hydroxylation sites is 1. The number of fused-ring (bicyclic) bond motifs is 1. The Morgan fingerprint density at radius 2 is 1.76 bits per heavy atom. The van der Waals surface area contributed by atoms with Crippen LogP contribution in [0.25, 0.3) is 10.9 Å². The minimum absolute atomic E-state index is 0.384. The number of nitrogens with one attached hydrogen (secondary N) is 3. The van der Waals surface area contributed by atoms with Gasteiger partial charge in [0.15, 0.2) is 0 Å². The summed E-state index contributed by atoms with van der Waals surface area (Å²) in [6.07, 6.45) is 3.03. The molecule has 0 fully saturated rings. The second-order valence-corrected chi connectivity index (χ2v) is 4.55. The van der Waals surface area contributed by atoms with Gasteiger partial charge in [-0.3, -0.25) is 20.4 Å². The molecular formula is C15H13N3O3. The number of amides is 2. The maximum absolute atomic E-state index is 12.1. The van der Waals surface area contributed by atoms with Crippen LogP contribution in [0.3, 0.4) is 0 Å². The number of carbonyl (C=O) groups is 2. The van der Waals surface area contributed by atoms with Crippen LogP contribution in [0.1, 0.15) is 26.5 Å². The molecule has 2 heterocycles. The highest BCUT2D eigenvalue weighted by Crippen LogP contribution is 2.17. The van der Waals surface area contributed by atoms with E-state index in [9.17, 15) is 9.59 Å². The lowest BCUT2D eigenvalue weighted by atomic mass is 10.2. The van der Waals surface area contributed by atoms with Crippen LogP contribution in [-0.2, 0) is 0 Å². The van der Waals surface area contributed by atoms with Crippen LogP contribution in [0.15, 0.2) is 47.2 Å². The molecule has 3 aromatic rings. The smallest absolute Gasteiger partial charge is 0.273 e. The summed E-state index contributed by atoms with van der Waals surface area (Å²) in [5.41, 5.74) is 6.47. The first kappa shape index (κ1) is 13.0. The second kappa shape index (κ2) is 5.16. The average molecular weight is 283 g/mol. The van der Waals surface area contributed by atoms with Crippen molar-refractivity contribution in [2.24, 2.45) is 0 Å². The van der Waals surface area contributed by atoms with Gasteiger partial charge in [-0.1, -0.05) is 18.2 Å². The fraction of sp³-hybridized carbons (Fsp3) is 0.0667. The van der Waals surface area contributed by atoms with Crippen molar-refractivity contribution in [3.8, 4) is 0 Å². The Morgan fingerprint density at radius 3 is 2.48 bits per heavy atom. The number of hydrazine groups is 1. The van der Waals surface area contributed by atoms with Gasteiger partial charge in [0.2, 0.25) is 0 Å². The van der Waals surface area contributed by atoms with Crippen molar-refractivity contribution in [3.05, 3.63) is 59.7 Å². The van der Waals surface area contributed by atoms with Crippen molar-refractivity contribution in [2.75, 3.05) is 0 Å². The number of benzene rings is 1. The fourth-order valence-electron chi connectivity index (χ4n) is 2.13. The van der Waals surface area contributed by atoms with Crippen LogP contribution in [0.2, 0.25) is 0 Å². The summed E-state index contributed by atoms with van der Waals surface area (Å²) in [6.45, 7) is 1.68. The van der Waals surface area contributed by atoms with Crippen molar-refractivity contribution in [1.29, 1.82) is 0 Å². The molecule has 0 radical (unpaired) electrons. The Balaban J connectivity index is 1.72. The maximum atomic E-state index is 12.1. The molecule has 0 saturated heterocycles. The SMILES string of the molecule is Cc1occc1C(=O)NNC(=O)c1c[nH]c2ccccc12. The summed E-state index contributed by atoms with van der Waals surface area (Å²) in [6, 6.07) is 8.98. The van der Waals surface area contributed by atoms with E-state index < -0.39 is 5.91 Å². The maximum Gasteiger partial charge on any atom is 0.273 e. The van der Waals surface area contributed by atoms with Gasteiger partial charge < -0.3 is 9.40 Å². The van der Waals surface area contributed by atoms with Gasteiger partial charge in [-0.15, -0.1) is 0 Å². The van der Waals surface area contributed by atoms with Crippen LogP contribution in [0.5, 0.6) is 0 Å². The minimum atomic E-state index is -0.422. The number of aromatic amines is 1. The highest BCUT2D eigenvalue weighted by atomic mass is 16.3. The molecule has 0 aliphatic heterocycles. The van der Waals surface area contributed by atoms with Gasteiger partial charge in [-0.25, -0.2) is 0 Å². The molecular weight excluding hydrogens is 270 g/mol. The van der Waals surface area contributed by atoms with E-state index in [1.165, 1.54) is 6.26 Å². The zero-order valence-electron chi connectivity index (χ0n) is 11.3. The van der Waals surface area contributed by atoms with E-state index in [0.717, 1.165) is 10.9 Å². The van der Waals surface area contributed by atoms with Crippen LogP contribution in [0, 0.1) is 6.92 Å². The molecule has 106 valence electrons. The highest BCUT2D eigenvalue weighted by Gasteiger charge is 2.15. The Kier molecular flexibility index (Phi) is 3.19. The molecule has 3 rings (SSSR count). The van der Waals surface area contributed by atoms with Crippen molar-refractivity contribution >= 4 is 22.7 Å². The summed E-state index contributed by atoms with van der Waals surface area (Å²) in [5, 5.41) is 0.795. The molecule has 21 heavy (non-hydrogen) atoms. The summed E-state index contributed by atoms with van der Waals surface area (Å²) in [5.74, 6) is -0.315. The summed E-state index contributed by atoms with van der Waals surface area (Å²) in [4.78, 5) is 27.0. The largest absolute Gasteiger partial charge is 0.469 e. The zero-order chi connectivity index (χ0) is 14.8. The Morgan fingerprint density at radius 1 is 1.05 bits per heavy atom. The van der Waals surface area contributed by atoms with E-state index in [0.29, 0.717) is 16.9 Å². The van der Waals surface area contributed by atoms with Gasteiger partial charge >= 0.3 is 0 Å². The molecule has 6 nitrogen and oxygen atoms in total. The quantitative estimate of drug-likeness (QED) is 0.630. The number of aryl methyl sites for hydroxylation is 1. The standard InChI is InChI=1S/C15H13N3O3/c1-9-10(6-7-21-9)14(19)17-18-15(20)12-8-16-13-5-3-2-4-11(12)13/h2-8,16H,1H3,(H,17,19)(H,18,20). The van der Waals surface area contributed by atoms with E-state index in [2.05, 4.69) is 15.8 Å². The number of furan rings is 1. The van der Waals surface area contributed by atoms with Gasteiger partial charge in [0.1, 0.15) is 5.76 Å². The number of hydrogen-bond donors (Lipinski definition) is 3. The highest BCUT2D eigenvalue weighted by molar-refractivity contribution is 6.07. The first-order valence-corrected chi connectivity index (χ1v) is 6.37. The molecule has 0 unspecified atom stereocenters. The Labute approximate surface area is 120 Å². The first-order chi connectivity index (χ1) is 10.2. The lowest BCUT2D eigenvalue weighted by Gasteiger charge is -2.06. The molecule has 0 bridgehead atoms. The van der Waals surface area contributed by atoms with Crippen molar-refractivity contribution in [2.45, 2.75) is 6.92 Å². The lowest BCUT2D eigenvalue weighted by Crippen LogP contribution is -2.41. The fourth-order valence-corrected chi connectivity index (χ4v) is 2.13. The van der Waals surface area contributed by atoms with E-state index >= 15 is 0 Å². The van der Waals surface area contributed by atoms with Crippen molar-refractivity contribution in [3.63, 3.8) is 0 Å². The Bertz CT molecular complexity index is 816. The summed E-state index contributed by atoms with van der Waals surface area (Å²) >= 11 is 0. The van der Waals surface area contributed by atoms with E-state index in [1.54, 1.807) is 19.2 Å². The second-order valence-electron chi connectivity index (χ2n) is 4.55. The molecule has 2 amide bonds. The normalized spacial score (nSPS) is 10.5. The molecule has 6 heteroatoms. The van der Waals surface area contributed by atoms with Gasteiger partial charge in [-0.2, -0.15) is 0 Å². The molecule has 0 saturated carbocycles. The van der Waals surface area contributed by atoms with Gasteiger partial charge in [0.05, 0.1) is 17.4 Å². The lowest BCUT2D eigenvalue weighted by molar-refractivity contribution is 0.0846. The third-order valence-corrected chi connectivity index (χ3v) is 3.23. The monoisotopic (exact) mass is 283 g/mol. The average Bonchev–Trinajstić information content (AvgIpc) is 3.10. The van der Waals surface area contributed by atoms with E-state index in [4.69, 9.17) is 4.42 Å². The Hall–Kier alpha value is -3.02.